The van der Waals surface area contributed by atoms with Crippen LogP contribution in [0.5, 0.6) is 0 Å². The SMILES string of the molecule is CO/C1=C/C(C)=C\[C@@H](C)[C@@H](O)[C@@H](C)C/C(C)=C/C=C/[C@H](OC)C([C@@H](C)[C@@H](O)[C@H](C)C(=O)/C=C/[C@H](C)[C@H](O)C(C)C)OC1=O. The second-order valence-corrected chi connectivity index (χ2v) is 12.6. The van der Waals surface area contributed by atoms with Crippen molar-refractivity contribution in [2.24, 2.45) is 35.5 Å². The molecule has 0 bridgehead atoms. The Morgan fingerprint density at radius 3 is 2.26 bits per heavy atom. The van der Waals surface area contributed by atoms with E-state index in [2.05, 4.69) is 0 Å². The van der Waals surface area contributed by atoms with Crippen LogP contribution in [-0.2, 0) is 23.8 Å². The maximum atomic E-state index is 13.4. The lowest BCUT2D eigenvalue weighted by atomic mass is 9.84. The van der Waals surface area contributed by atoms with Gasteiger partial charge in [0, 0.05) is 30.8 Å². The van der Waals surface area contributed by atoms with Crippen LogP contribution < -0.4 is 0 Å². The molecular weight excluding hydrogens is 548 g/mol. The van der Waals surface area contributed by atoms with Crippen LogP contribution in [0.25, 0.3) is 0 Å². The molecule has 0 aliphatic carbocycles. The molecule has 0 saturated carbocycles. The predicted molar refractivity (Wildman–Crippen MR) is 170 cm³/mol. The van der Waals surface area contributed by atoms with Crippen LogP contribution >= 0.6 is 0 Å². The smallest absolute Gasteiger partial charge is 0.373 e. The Balaban J connectivity index is 3.46. The Labute approximate surface area is 259 Å². The monoisotopic (exact) mass is 604 g/mol. The third-order valence-electron chi connectivity index (χ3n) is 8.40. The zero-order chi connectivity index (χ0) is 33.0. The van der Waals surface area contributed by atoms with Gasteiger partial charge in [0.2, 0.25) is 5.76 Å². The van der Waals surface area contributed by atoms with Crippen LogP contribution in [-0.4, -0.2) is 71.8 Å². The number of rotatable bonds is 10. The molecule has 0 spiro atoms. The molecule has 1 aliphatic heterocycles. The Hall–Kier alpha value is -2.52. The molecule has 1 rings (SSSR count). The van der Waals surface area contributed by atoms with Gasteiger partial charge in [-0.1, -0.05) is 90.0 Å². The van der Waals surface area contributed by atoms with E-state index in [1.807, 2.05) is 66.7 Å². The van der Waals surface area contributed by atoms with Gasteiger partial charge in [0.05, 0.1) is 25.4 Å². The van der Waals surface area contributed by atoms with Crippen molar-refractivity contribution in [2.45, 2.75) is 99.3 Å². The van der Waals surface area contributed by atoms with Gasteiger partial charge in [0.25, 0.3) is 0 Å². The first-order valence-corrected chi connectivity index (χ1v) is 15.3. The Morgan fingerprint density at radius 1 is 1.07 bits per heavy atom. The van der Waals surface area contributed by atoms with Gasteiger partial charge in [-0.2, -0.15) is 0 Å². The number of carbonyl (C=O) groups excluding carboxylic acids is 2. The highest BCUT2D eigenvalue weighted by Gasteiger charge is 2.38. The van der Waals surface area contributed by atoms with Gasteiger partial charge in [-0.3, -0.25) is 4.79 Å². The van der Waals surface area contributed by atoms with Crippen molar-refractivity contribution in [2.75, 3.05) is 14.2 Å². The molecule has 0 radical (unpaired) electrons. The number of aliphatic hydroxyl groups excluding tert-OH is 3. The number of ether oxygens (including phenoxy) is 3. The molecule has 1 aliphatic rings. The lowest BCUT2D eigenvalue weighted by Crippen LogP contribution is -2.45. The molecule has 43 heavy (non-hydrogen) atoms. The van der Waals surface area contributed by atoms with E-state index in [1.165, 1.54) is 20.3 Å². The zero-order valence-electron chi connectivity index (χ0n) is 28.0. The van der Waals surface area contributed by atoms with Crippen molar-refractivity contribution in [3.05, 3.63) is 59.4 Å². The summed E-state index contributed by atoms with van der Waals surface area (Å²) in [4.78, 5) is 26.4. The van der Waals surface area contributed by atoms with Gasteiger partial charge >= 0.3 is 5.97 Å². The van der Waals surface area contributed by atoms with E-state index in [0.717, 1.165) is 11.1 Å². The molecule has 1 unspecified atom stereocenters. The highest BCUT2D eigenvalue weighted by atomic mass is 16.6. The summed E-state index contributed by atoms with van der Waals surface area (Å²) in [5.74, 6) is -2.96. The fourth-order valence-corrected chi connectivity index (χ4v) is 5.43. The third kappa shape index (κ3) is 11.8. The minimum absolute atomic E-state index is 0.00159. The van der Waals surface area contributed by atoms with Crippen LogP contribution in [0.4, 0.5) is 0 Å². The van der Waals surface area contributed by atoms with Crippen molar-refractivity contribution >= 4 is 11.8 Å². The van der Waals surface area contributed by atoms with Crippen LogP contribution in [0.2, 0.25) is 0 Å². The lowest BCUT2D eigenvalue weighted by molar-refractivity contribution is -0.162. The van der Waals surface area contributed by atoms with Gasteiger partial charge in [-0.25, -0.2) is 4.79 Å². The number of allylic oxidation sites excluding steroid dienone is 6. The van der Waals surface area contributed by atoms with E-state index in [1.54, 1.807) is 32.1 Å². The van der Waals surface area contributed by atoms with E-state index in [0.29, 0.717) is 6.42 Å². The van der Waals surface area contributed by atoms with E-state index in [-0.39, 0.29) is 35.2 Å². The van der Waals surface area contributed by atoms with Crippen LogP contribution in [0.15, 0.2) is 59.4 Å². The van der Waals surface area contributed by atoms with Gasteiger partial charge in [-0.05, 0) is 44.3 Å². The van der Waals surface area contributed by atoms with Crippen LogP contribution in [0, 0.1) is 35.5 Å². The summed E-state index contributed by atoms with van der Waals surface area (Å²) in [7, 11) is 2.86. The number of aliphatic hydroxyl groups is 3. The fourth-order valence-electron chi connectivity index (χ4n) is 5.43. The first kappa shape index (κ1) is 38.5. The summed E-state index contributed by atoms with van der Waals surface area (Å²) in [6.07, 6.45) is 8.65. The average molecular weight is 605 g/mol. The minimum Gasteiger partial charge on any atom is -0.490 e. The van der Waals surface area contributed by atoms with Crippen molar-refractivity contribution in [1.82, 2.24) is 0 Å². The second kappa shape index (κ2) is 18.3. The molecule has 244 valence electrons. The number of esters is 1. The van der Waals surface area contributed by atoms with Crippen molar-refractivity contribution < 1.29 is 39.1 Å². The third-order valence-corrected chi connectivity index (χ3v) is 8.40. The molecule has 3 N–H and O–H groups in total. The molecule has 0 amide bonds. The molecule has 0 aromatic rings. The largest absolute Gasteiger partial charge is 0.490 e. The second-order valence-electron chi connectivity index (χ2n) is 12.6. The van der Waals surface area contributed by atoms with Gasteiger partial charge < -0.3 is 29.5 Å². The molecule has 8 nitrogen and oxygen atoms in total. The Kier molecular flexibility index (Phi) is 16.4. The van der Waals surface area contributed by atoms with Gasteiger partial charge in [0.15, 0.2) is 5.78 Å². The van der Waals surface area contributed by atoms with E-state index in [9.17, 15) is 24.9 Å². The number of methoxy groups -OCH3 is 2. The Bertz CT molecular complexity index is 1050. The van der Waals surface area contributed by atoms with E-state index >= 15 is 0 Å². The molecule has 0 saturated heterocycles. The molecule has 10 atom stereocenters. The lowest BCUT2D eigenvalue weighted by Gasteiger charge is -2.33. The maximum Gasteiger partial charge on any atom is 0.373 e. The summed E-state index contributed by atoms with van der Waals surface area (Å²) in [6, 6.07) is 0. The number of ketones is 1. The fraction of sp³-hybridized carbons (Fsp3) is 0.657. The van der Waals surface area contributed by atoms with E-state index in [4.69, 9.17) is 14.2 Å². The Morgan fingerprint density at radius 2 is 1.70 bits per heavy atom. The predicted octanol–water partition coefficient (Wildman–Crippen LogP) is 5.34. The van der Waals surface area contributed by atoms with Crippen molar-refractivity contribution in [3.8, 4) is 0 Å². The number of hydrogen-bond acceptors (Lipinski definition) is 8. The minimum atomic E-state index is -1.17. The van der Waals surface area contributed by atoms with Gasteiger partial charge in [-0.15, -0.1) is 0 Å². The summed E-state index contributed by atoms with van der Waals surface area (Å²) in [5.41, 5.74) is 1.78. The first-order valence-electron chi connectivity index (χ1n) is 15.3. The normalized spacial score (nSPS) is 32.7. The topological polar surface area (TPSA) is 123 Å². The first-order chi connectivity index (χ1) is 20.0. The average Bonchev–Trinajstić information content (AvgIpc) is 2.96. The van der Waals surface area contributed by atoms with Crippen LogP contribution in [0.1, 0.15) is 68.7 Å². The highest BCUT2D eigenvalue weighted by Crippen LogP contribution is 2.27. The summed E-state index contributed by atoms with van der Waals surface area (Å²) >= 11 is 0. The van der Waals surface area contributed by atoms with Crippen LogP contribution in [0.3, 0.4) is 0 Å². The summed E-state index contributed by atoms with van der Waals surface area (Å²) < 4.78 is 17.0. The summed E-state index contributed by atoms with van der Waals surface area (Å²) in [6.45, 7) is 16.7. The summed E-state index contributed by atoms with van der Waals surface area (Å²) in [5, 5.41) is 32.5. The highest BCUT2D eigenvalue weighted by molar-refractivity contribution is 5.92. The van der Waals surface area contributed by atoms with Crippen molar-refractivity contribution in [3.63, 3.8) is 0 Å². The number of carbonyl (C=O) groups is 2. The molecular formula is C35H56O8. The molecule has 8 heteroatoms. The quantitative estimate of drug-likeness (QED) is 0.226. The molecule has 1 heterocycles. The van der Waals surface area contributed by atoms with Crippen molar-refractivity contribution in [1.29, 1.82) is 0 Å². The number of hydrogen-bond donors (Lipinski definition) is 3. The van der Waals surface area contributed by atoms with Gasteiger partial charge in [0.1, 0.15) is 12.2 Å². The van der Waals surface area contributed by atoms with E-state index < -0.39 is 48.3 Å². The number of cyclic esters (lactones) is 1. The molecule has 0 aromatic carbocycles. The zero-order valence-corrected chi connectivity index (χ0v) is 28.0. The molecule has 0 aromatic heterocycles. The standard InChI is InChI=1S/C35H56O8/c1-20(2)31(37)23(5)15-16-28(36)26(8)33(39)27(9)34-29(41-10)14-12-13-21(3)17-24(6)32(38)25(7)18-22(4)19-30(42-11)35(40)43-34/h12-16,18-20,23-27,29,31-34,37-39H,17H2,1-11H3/b14-12+,16-15+,21-13+,22-18-,30-19+/t23-,24-,25+,26+,27-,29-,31+,32-,33-,34?/m0/s1. The maximum absolute atomic E-state index is 13.4. The molecule has 0 fully saturated rings.